The van der Waals surface area contributed by atoms with Crippen molar-refractivity contribution in [2.75, 3.05) is 6.54 Å². The van der Waals surface area contributed by atoms with Crippen LogP contribution in [0.25, 0.3) is 0 Å². The van der Waals surface area contributed by atoms with Gasteiger partial charge in [-0.1, -0.05) is 43.6 Å². The van der Waals surface area contributed by atoms with Crippen LogP contribution in [0.2, 0.25) is 0 Å². The van der Waals surface area contributed by atoms with Crippen molar-refractivity contribution in [1.29, 1.82) is 0 Å². The smallest absolute Gasteiger partial charge is 0.251 e. The number of carbonyl (C=O) groups is 1. The van der Waals surface area contributed by atoms with Gasteiger partial charge in [0.05, 0.1) is 0 Å². The highest BCUT2D eigenvalue weighted by atomic mass is 16.1. The van der Waals surface area contributed by atoms with Gasteiger partial charge >= 0.3 is 0 Å². The summed E-state index contributed by atoms with van der Waals surface area (Å²) in [7, 11) is 5.61. The molecule has 1 aromatic rings. The Morgan fingerprint density at radius 3 is 2.59 bits per heavy atom. The maximum absolute atomic E-state index is 11.7. The molecule has 0 aromatic heterocycles. The molecular formula is C14H20BNO. The van der Waals surface area contributed by atoms with E-state index < -0.39 is 0 Å². The van der Waals surface area contributed by atoms with E-state index in [0.717, 1.165) is 5.56 Å². The Morgan fingerprint density at radius 1 is 1.41 bits per heavy atom. The summed E-state index contributed by atoms with van der Waals surface area (Å²) in [5, 5.41) is 2.79. The first-order chi connectivity index (χ1) is 8.15. The Labute approximate surface area is 106 Å². The number of carbonyl (C=O) groups excluding carboxylic acids is 1. The average Bonchev–Trinajstić information content (AvgIpc) is 2.31. The lowest BCUT2D eigenvalue weighted by Gasteiger charge is -2.06. The van der Waals surface area contributed by atoms with Gasteiger partial charge in [0.1, 0.15) is 7.85 Å². The van der Waals surface area contributed by atoms with Crippen molar-refractivity contribution in [3.63, 3.8) is 0 Å². The van der Waals surface area contributed by atoms with Crippen LogP contribution in [-0.2, 0) is 0 Å². The van der Waals surface area contributed by atoms with Crippen LogP contribution in [-0.4, -0.2) is 20.3 Å². The highest BCUT2D eigenvalue weighted by molar-refractivity contribution is 6.32. The molecule has 0 saturated heterocycles. The number of aryl methyl sites for hydroxylation is 1. The largest absolute Gasteiger partial charge is 0.349 e. The van der Waals surface area contributed by atoms with Crippen LogP contribution in [0.3, 0.4) is 0 Å². The highest BCUT2D eigenvalue weighted by Gasteiger charge is 2.06. The second kappa shape index (κ2) is 8.62. The van der Waals surface area contributed by atoms with Gasteiger partial charge in [-0.15, -0.1) is 0 Å². The van der Waals surface area contributed by atoms with Gasteiger partial charge in [0, 0.05) is 12.1 Å². The van der Waals surface area contributed by atoms with Crippen LogP contribution in [0.5, 0.6) is 0 Å². The molecule has 0 atom stereocenters. The molecule has 0 fully saturated rings. The van der Waals surface area contributed by atoms with Crippen LogP contribution in [0, 0.1) is 6.92 Å². The van der Waals surface area contributed by atoms with Crippen molar-refractivity contribution in [2.24, 2.45) is 0 Å². The summed E-state index contributed by atoms with van der Waals surface area (Å²) in [5.74, 6) is -0.0643. The molecule has 0 aliphatic rings. The normalized spacial score (nSPS) is 9.65. The molecule has 17 heavy (non-hydrogen) atoms. The zero-order chi connectivity index (χ0) is 13.3. The van der Waals surface area contributed by atoms with Crippen molar-refractivity contribution in [3.05, 3.63) is 41.5 Å². The van der Waals surface area contributed by atoms with Gasteiger partial charge in [0.2, 0.25) is 0 Å². The summed E-state index contributed by atoms with van der Waals surface area (Å²) in [4.78, 5) is 11.7. The lowest BCUT2D eigenvalue weighted by atomic mass is 9.92. The molecule has 2 radical (unpaired) electrons. The summed E-state index contributed by atoms with van der Waals surface area (Å²) < 4.78 is 0. The number of rotatable bonds is 3. The third-order valence-electron chi connectivity index (χ3n) is 2.11. The van der Waals surface area contributed by atoms with Crippen molar-refractivity contribution in [1.82, 2.24) is 5.32 Å². The molecule has 0 saturated carbocycles. The van der Waals surface area contributed by atoms with Gasteiger partial charge in [-0.2, -0.15) is 0 Å². The first-order valence-electron chi connectivity index (χ1n) is 5.90. The molecule has 1 aromatic carbocycles. The number of hydrogen-bond donors (Lipinski definition) is 1. The number of nitrogens with one attached hydrogen (secondary N) is 1. The van der Waals surface area contributed by atoms with Gasteiger partial charge in [-0.3, -0.25) is 4.79 Å². The van der Waals surface area contributed by atoms with Gasteiger partial charge < -0.3 is 5.32 Å². The standard InChI is InChI=1S/C12H14BNO.C2H6/c1-3-4-7-14-12(15)11-6-5-10(13)8-9(11)2;1-2/h3-6,8H,7H2,1-2H3,(H,14,15);1-2H3/b4-3+;. The molecule has 0 unspecified atom stereocenters. The molecule has 1 N–H and O–H groups in total. The SMILES string of the molecule is CC.[B]c1ccc(C(=O)NC/C=C/C)c(C)c1. The minimum atomic E-state index is -0.0643. The summed E-state index contributed by atoms with van der Waals surface area (Å²) in [6, 6.07) is 5.28. The van der Waals surface area contributed by atoms with E-state index in [1.807, 2.05) is 39.8 Å². The van der Waals surface area contributed by atoms with Gasteiger partial charge in [0.15, 0.2) is 0 Å². The van der Waals surface area contributed by atoms with Crippen molar-refractivity contribution >= 4 is 19.2 Å². The van der Waals surface area contributed by atoms with E-state index in [1.165, 1.54) is 0 Å². The lowest BCUT2D eigenvalue weighted by Crippen LogP contribution is -2.24. The molecular weight excluding hydrogens is 209 g/mol. The van der Waals surface area contributed by atoms with E-state index in [2.05, 4.69) is 5.32 Å². The molecule has 0 spiro atoms. The van der Waals surface area contributed by atoms with E-state index in [1.54, 1.807) is 18.2 Å². The minimum absolute atomic E-state index is 0.0643. The number of allylic oxidation sites excluding steroid dienone is 1. The number of benzene rings is 1. The first kappa shape index (κ1) is 15.5. The second-order valence-electron chi connectivity index (χ2n) is 3.35. The minimum Gasteiger partial charge on any atom is -0.349 e. The quantitative estimate of drug-likeness (QED) is 0.624. The molecule has 1 rings (SSSR count). The summed E-state index contributed by atoms with van der Waals surface area (Å²) >= 11 is 0. The third kappa shape index (κ3) is 5.39. The van der Waals surface area contributed by atoms with E-state index in [4.69, 9.17) is 7.85 Å². The van der Waals surface area contributed by atoms with Crippen molar-refractivity contribution < 1.29 is 4.79 Å². The topological polar surface area (TPSA) is 29.1 Å². The Balaban J connectivity index is 0.00000121. The molecule has 2 nitrogen and oxygen atoms in total. The van der Waals surface area contributed by atoms with Crippen LogP contribution in [0.15, 0.2) is 30.4 Å². The molecule has 0 bridgehead atoms. The van der Waals surface area contributed by atoms with Crippen molar-refractivity contribution in [3.8, 4) is 0 Å². The van der Waals surface area contributed by atoms with E-state index >= 15 is 0 Å². The fraction of sp³-hybridized carbons (Fsp3) is 0.357. The van der Waals surface area contributed by atoms with E-state index in [0.29, 0.717) is 17.6 Å². The first-order valence-corrected chi connectivity index (χ1v) is 5.90. The molecule has 0 heterocycles. The Morgan fingerprint density at radius 2 is 2.06 bits per heavy atom. The lowest BCUT2D eigenvalue weighted by molar-refractivity contribution is 0.0957. The fourth-order valence-corrected chi connectivity index (χ4v) is 1.31. The van der Waals surface area contributed by atoms with Crippen LogP contribution in [0.1, 0.15) is 36.7 Å². The molecule has 1 amide bonds. The Bertz CT molecular complexity index is 386. The maximum Gasteiger partial charge on any atom is 0.251 e. The van der Waals surface area contributed by atoms with Crippen LogP contribution >= 0.6 is 0 Å². The maximum atomic E-state index is 11.7. The van der Waals surface area contributed by atoms with E-state index in [9.17, 15) is 4.79 Å². The van der Waals surface area contributed by atoms with E-state index in [-0.39, 0.29) is 5.91 Å². The van der Waals surface area contributed by atoms with Gasteiger partial charge in [-0.25, -0.2) is 0 Å². The van der Waals surface area contributed by atoms with Crippen molar-refractivity contribution in [2.45, 2.75) is 27.7 Å². The molecule has 3 heteroatoms. The monoisotopic (exact) mass is 229 g/mol. The average molecular weight is 229 g/mol. The third-order valence-corrected chi connectivity index (χ3v) is 2.11. The summed E-state index contributed by atoms with van der Waals surface area (Å²) in [6.45, 7) is 8.35. The fourth-order valence-electron chi connectivity index (χ4n) is 1.31. The van der Waals surface area contributed by atoms with Crippen LogP contribution in [0.4, 0.5) is 0 Å². The zero-order valence-corrected chi connectivity index (χ0v) is 11.1. The summed E-state index contributed by atoms with van der Waals surface area (Å²) in [5.41, 5.74) is 2.25. The Hall–Kier alpha value is -1.51. The predicted octanol–water partition coefficient (Wildman–Crippen LogP) is 2.12. The Kier molecular flexibility index (Phi) is 7.86. The van der Waals surface area contributed by atoms with Gasteiger partial charge in [-0.05, 0) is 25.5 Å². The second-order valence-corrected chi connectivity index (χ2v) is 3.35. The number of hydrogen-bond acceptors (Lipinski definition) is 1. The van der Waals surface area contributed by atoms with Crippen LogP contribution < -0.4 is 10.8 Å². The molecule has 0 aliphatic heterocycles. The highest BCUT2D eigenvalue weighted by Crippen LogP contribution is 2.04. The predicted molar refractivity (Wildman–Crippen MR) is 75.1 cm³/mol. The molecule has 90 valence electrons. The molecule has 0 aliphatic carbocycles. The zero-order valence-electron chi connectivity index (χ0n) is 11.1. The van der Waals surface area contributed by atoms with Gasteiger partial charge in [0.25, 0.3) is 5.91 Å². The number of amides is 1. The summed E-state index contributed by atoms with van der Waals surface area (Å²) in [6.07, 6.45) is 3.79.